The van der Waals surface area contributed by atoms with Crippen LogP contribution in [0.2, 0.25) is 0 Å². The molecular formula is C7H8N2. The van der Waals surface area contributed by atoms with E-state index in [1.165, 1.54) is 5.71 Å². The van der Waals surface area contributed by atoms with E-state index in [0.29, 0.717) is 6.04 Å². The van der Waals surface area contributed by atoms with Crippen molar-refractivity contribution >= 4 is 5.71 Å². The molecule has 1 heterocycles. The standard InChI is InChI=1S/C7H8N2/c1-5-8-6-3-2-4-7(6)9-5/h2-3,6,8H,1,4H2. The second kappa shape index (κ2) is 1.47. The Balaban J connectivity index is 2.33. The van der Waals surface area contributed by atoms with Gasteiger partial charge in [0.25, 0.3) is 0 Å². The van der Waals surface area contributed by atoms with E-state index >= 15 is 0 Å². The minimum absolute atomic E-state index is 0.373. The van der Waals surface area contributed by atoms with Gasteiger partial charge in [-0.3, -0.25) is 0 Å². The van der Waals surface area contributed by atoms with Crippen molar-refractivity contribution in [3.8, 4) is 0 Å². The van der Waals surface area contributed by atoms with Crippen LogP contribution in [-0.2, 0) is 0 Å². The third-order valence-corrected chi connectivity index (χ3v) is 1.62. The van der Waals surface area contributed by atoms with E-state index in [1.54, 1.807) is 0 Å². The van der Waals surface area contributed by atoms with Gasteiger partial charge >= 0.3 is 0 Å². The highest BCUT2D eigenvalue weighted by Crippen LogP contribution is 2.15. The van der Waals surface area contributed by atoms with Crippen molar-refractivity contribution in [2.24, 2.45) is 4.99 Å². The molecule has 1 atom stereocenters. The van der Waals surface area contributed by atoms with Crippen LogP contribution >= 0.6 is 0 Å². The van der Waals surface area contributed by atoms with E-state index < -0.39 is 0 Å². The van der Waals surface area contributed by atoms with Crippen LogP contribution in [-0.4, -0.2) is 11.8 Å². The monoisotopic (exact) mass is 120 g/mol. The zero-order chi connectivity index (χ0) is 6.27. The van der Waals surface area contributed by atoms with E-state index in [2.05, 4.69) is 29.0 Å². The summed E-state index contributed by atoms with van der Waals surface area (Å²) in [7, 11) is 0. The highest BCUT2D eigenvalue weighted by Gasteiger charge is 2.22. The van der Waals surface area contributed by atoms with Gasteiger partial charge in [0.1, 0.15) is 5.82 Å². The summed E-state index contributed by atoms with van der Waals surface area (Å²) in [6, 6.07) is 0.373. The zero-order valence-corrected chi connectivity index (χ0v) is 5.09. The first kappa shape index (κ1) is 4.79. The maximum absolute atomic E-state index is 4.20. The highest BCUT2D eigenvalue weighted by atomic mass is 15.1. The van der Waals surface area contributed by atoms with Gasteiger partial charge in [0.2, 0.25) is 0 Å². The third-order valence-electron chi connectivity index (χ3n) is 1.62. The van der Waals surface area contributed by atoms with Crippen LogP contribution in [0.3, 0.4) is 0 Å². The molecule has 0 saturated carbocycles. The van der Waals surface area contributed by atoms with Crippen LogP contribution < -0.4 is 5.32 Å². The minimum atomic E-state index is 0.373. The Morgan fingerprint density at radius 2 is 2.67 bits per heavy atom. The summed E-state index contributed by atoms with van der Waals surface area (Å²) in [4.78, 5) is 4.20. The smallest absolute Gasteiger partial charge is 0.119 e. The number of hydrogen-bond donors (Lipinski definition) is 1. The van der Waals surface area contributed by atoms with Crippen molar-refractivity contribution in [1.82, 2.24) is 5.32 Å². The molecule has 0 aromatic heterocycles. The first-order valence-corrected chi connectivity index (χ1v) is 3.06. The summed E-state index contributed by atoms with van der Waals surface area (Å²) < 4.78 is 0. The van der Waals surface area contributed by atoms with Crippen LogP contribution in [0.25, 0.3) is 0 Å². The lowest BCUT2D eigenvalue weighted by Crippen LogP contribution is -2.23. The van der Waals surface area contributed by atoms with Crippen molar-refractivity contribution in [2.45, 2.75) is 12.5 Å². The molecule has 9 heavy (non-hydrogen) atoms. The topological polar surface area (TPSA) is 24.4 Å². The number of nitrogens with zero attached hydrogens (tertiary/aromatic N) is 1. The molecule has 0 amide bonds. The van der Waals surface area contributed by atoms with Crippen LogP contribution in [0.1, 0.15) is 6.42 Å². The fourth-order valence-corrected chi connectivity index (χ4v) is 1.19. The number of fused-ring (bicyclic) bond motifs is 1. The molecule has 0 fully saturated rings. The first-order valence-electron chi connectivity index (χ1n) is 3.06. The van der Waals surface area contributed by atoms with E-state index in [-0.39, 0.29) is 0 Å². The van der Waals surface area contributed by atoms with E-state index in [0.717, 1.165) is 12.2 Å². The predicted molar refractivity (Wildman–Crippen MR) is 37.3 cm³/mol. The molecule has 2 aliphatic rings. The van der Waals surface area contributed by atoms with Crippen molar-refractivity contribution < 1.29 is 0 Å². The lowest BCUT2D eigenvalue weighted by atomic mass is 10.2. The molecule has 2 heteroatoms. The molecule has 1 aliphatic heterocycles. The number of aliphatic imine (C=N–C) groups is 1. The Labute approximate surface area is 54.0 Å². The molecular weight excluding hydrogens is 112 g/mol. The second-order valence-corrected chi connectivity index (χ2v) is 2.30. The van der Waals surface area contributed by atoms with Crippen molar-refractivity contribution in [1.29, 1.82) is 0 Å². The molecule has 2 nitrogen and oxygen atoms in total. The van der Waals surface area contributed by atoms with Crippen molar-refractivity contribution in [2.75, 3.05) is 0 Å². The van der Waals surface area contributed by atoms with Gasteiger partial charge in [-0.1, -0.05) is 18.7 Å². The van der Waals surface area contributed by atoms with Gasteiger partial charge in [-0.05, 0) is 0 Å². The van der Waals surface area contributed by atoms with E-state index in [1.807, 2.05) is 0 Å². The van der Waals surface area contributed by atoms with Crippen LogP contribution in [0.5, 0.6) is 0 Å². The molecule has 0 bridgehead atoms. The summed E-state index contributed by atoms with van der Waals surface area (Å²) in [6.07, 6.45) is 5.25. The summed E-state index contributed by atoms with van der Waals surface area (Å²) in [5.74, 6) is 0.805. The molecule has 0 aromatic rings. The Morgan fingerprint density at radius 3 is 3.44 bits per heavy atom. The van der Waals surface area contributed by atoms with Gasteiger partial charge in [0, 0.05) is 6.42 Å². The van der Waals surface area contributed by atoms with Gasteiger partial charge in [-0.2, -0.15) is 0 Å². The quantitative estimate of drug-likeness (QED) is 0.470. The predicted octanol–water partition coefficient (Wildman–Crippen LogP) is 0.830. The summed E-state index contributed by atoms with van der Waals surface area (Å²) in [6.45, 7) is 3.70. The molecule has 46 valence electrons. The minimum Gasteiger partial charge on any atom is -0.359 e. The highest BCUT2D eigenvalue weighted by molar-refractivity contribution is 5.97. The third kappa shape index (κ3) is 0.593. The van der Waals surface area contributed by atoms with Crippen LogP contribution in [0, 0.1) is 0 Å². The average Bonchev–Trinajstić information content (AvgIpc) is 2.22. The fourth-order valence-electron chi connectivity index (χ4n) is 1.19. The van der Waals surface area contributed by atoms with E-state index in [4.69, 9.17) is 0 Å². The Bertz CT molecular complexity index is 213. The van der Waals surface area contributed by atoms with Gasteiger partial charge in [0.05, 0.1) is 11.8 Å². The van der Waals surface area contributed by atoms with Gasteiger partial charge in [0.15, 0.2) is 0 Å². The molecule has 1 unspecified atom stereocenters. The fraction of sp³-hybridized carbons (Fsp3) is 0.286. The van der Waals surface area contributed by atoms with Gasteiger partial charge < -0.3 is 5.32 Å². The Morgan fingerprint density at radius 1 is 1.78 bits per heavy atom. The van der Waals surface area contributed by atoms with Crippen LogP contribution in [0.15, 0.2) is 29.5 Å². The molecule has 1 N–H and O–H groups in total. The number of rotatable bonds is 0. The molecule has 2 rings (SSSR count). The summed E-state index contributed by atoms with van der Waals surface area (Å²) in [5.41, 5.74) is 1.21. The lowest BCUT2D eigenvalue weighted by molar-refractivity contribution is 0.869. The molecule has 1 aliphatic carbocycles. The summed E-state index contributed by atoms with van der Waals surface area (Å²) >= 11 is 0. The molecule has 0 spiro atoms. The molecule has 0 radical (unpaired) electrons. The number of allylic oxidation sites excluding steroid dienone is 1. The maximum atomic E-state index is 4.20. The maximum Gasteiger partial charge on any atom is 0.119 e. The first-order chi connectivity index (χ1) is 4.36. The number of hydrogen-bond acceptors (Lipinski definition) is 2. The second-order valence-electron chi connectivity index (χ2n) is 2.30. The van der Waals surface area contributed by atoms with Crippen molar-refractivity contribution in [3.05, 3.63) is 24.6 Å². The summed E-state index contributed by atoms with van der Waals surface area (Å²) in [5, 5.41) is 3.13. The number of nitrogens with one attached hydrogen (secondary N) is 1. The Hall–Kier alpha value is -1.05. The lowest BCUT2D eigenvalue weighted by Gasteiger charge is -1.99. The SMILES string of the molecule is C=C1N=C2CC=CC2N1. The van der Waals surface area contributed by atoms with Crippen molar-refractivity contribution in [3.63, 3.8) is 0 Å². The molecule has 0 saturated heterocycles. The van der Waals surface area contributed by atoms with Gasteiger partial charge in [-0.25, -0.2) is 4.99 Å². The molecule has 0 aromatic carbocycles. The Kier molecular flexibility index (Phi) is 0.781. The van der Waals surface area contributed by atoms with E-state index in [9.17, 15) is 0 Å². The normalized spacial score (nSPS) is 30.0. The zero-order valence-electron chi connectivity index (χ0n) is 5.09. The van der Waals surface area contributed by atoms with Crippen LogP contribution in [0.4, 0.5) is 0 Å². The van der Waals surface area contributed by atoms with Gasteiger partial charge in [-0.15, -0.1) is 0 Å². The average molecular weight is 120 g/mol. The largest absolute Gasteiger partial charge is 0.359 e.